The van der Waals surface area contributed by atoms with Gasteiger partial charge in [-0.1, -0.05) is 109 Å². The number of nitrogens with one attached hydrogen (secondary N) is 4. The first-order valence-electron chi connectivity index (χ1n) is 33.2. The van der Waals surface area contributed by atoms with Gasteiger partial charge in [0.15, 0.2) is 0 Å². The van der Waals surface area contributed by atoms with Crippen LogP contribution in [0.3, 0.4) is 0 Å². The Kier molecular flexibility index (Phi) is 35.6. The minimum Gasteiger partial charge on any atom is -0.459 e. The van der Waals surface area contributed by atoms with E-state index in [1.54, 1.807) is 54.5 Å². The highest BCUT2D eigenvalue weighted by atomic mass is 16.7. The lowest BCUT2D eigenvalue weighted by molar-refractivity contribution is -0.164. The largest absolute Gasteiger partial charge is 0.508 e. The third-order valence-electron chi connectivity index (χ3n) is 16.8. The van der Waals surface area contributed by atoms with Crippen LogP contribution in [0, 0.1) is 41.4 Å². The molecule has 1 aliphatic rings. The average molecular weight is 1330 g/mol. The normalized spacial score (nSPS) is 25.3. The summed E-state index contributed by atoms with van der Waals surface area (Å²) >= 11 is 0. The molecule has 1 saturated heterocycles. The third kappa shape index (κ3) is 25.1. The molecule has 11 amide bonds. The minimum atomic E-state index is -1.72. The molecular weight excluding hydrogens is 1210 g/mol. The van der Waals surface area contributed by atoms with Gasteiger partial charge in [0, 0.05) is 56.3 Å². The van der Waals surface area contributed by atoms with Gasteiger partial charge in [-0.3, -0.25) is 57.5 Å². The summed E-state index contributed by atoms with van der Waals surface area (Å²) in [5.41, 5.74) is 0. The van der Waals surface area contributed by atoms with Crippen LogP contribution in [0.5, 0.6) is 0 Å². The molecule has 0 radical (unpaired) electrons. The highest BCUT2D eigenvalue weighted by Crippen LogP contribution is 2.27. The first-order chi connectivity index (χ1) is 43.5. The van der Waals surface area contributed by atoms with Crippen molar-refractivity contribution in [1.82, 2.24) is 55.6 Å². The van der Waals surface area contributed by atoms with Gasteiger partial charge in [-0.2, -0.15) is 0 Å². The minimum absolute atomic E-state index is 0.0537. The molecule has 0 spiro atoms. The van der Waals surface area contributed by atoms with E-state index in [2.05, 4.69) is 21.3 Å². The van der Waals surface area contributed by atoms with Gasteiger partial charge in [0.25, 0.3) is 0 Å². The molecule has 0 aromatic rings. The zero-order valence-corrected chi connectivity index (χ0v) is 61.1. The fraction of sp³-hybridized carbons (Fsp3) is 0.776. The van der Waals surface area contributed by atoms with Gasteiger partial charge in [0.1, 0.15) is 73.1 Å². The molecule has 1 rings (SSSR count). The summed E-state index contributed by atoms with van der Waals surface area (Å²) in [7, 11) is 9.71. The molecule has 1 heterocycles. The molecule has 27 nitrogen and oxygen atoms in total. The molecule has 12 atom stereocenters. The van der Waals surface area contributed by atoms with Crippen LogP contribution in [0.15, 0.2) is 12.2 Å². The number of likely N-dealkylation sites (N-methyl/N-ethyl adjacent to an activating group) is 7. The van der Waals surface area contributed by atoms with Gasteiger partial charge >= 0.3 is 12.1 Å². The predicted molar refractivity (Wildman–Crippen MR) is 355 cm³/mol. The van der Waals surface area contributed by atoms with Crippen molar-refractivity contribution < 1.29 is 76.5 Å². The van der Waals surface area contributed by atoms with Crippen molar-refractivity contribution in [3.63, 3.8) is 0 Å². The molecule has 2 unspecified atom stereocenters. The van der Waals surface area contributed by atoms with Crippen LogP contribution in [0.1, 0.15) is 163 Å². The number of hydrogen-bond donors (Lipinski definition) is 4. The topological polar surface area (TPSA) is 320 Å². The first kappa shape index (κ1) is 84.7. The molecule has 1 fully saturated rings. The van der Waals surface area contributed by atoms with Crippen LogP contribution in [-0.4, -0.2) is 247 Å². The lowest BCUT2D eigenvalue weighted by Gasteiger charge is -2.42. The maximum absolute atomic E-state index is 15.5. The van der Waals surface area contributed by atoms with E-state index in [9.17, 15) is 43.2 Å². The summed E-state index contributed by atoms with van der Waals surface area (Å²) in [6, 6.07) is -12.9. The van der Waals surface area contributed by atoms with Gasteiger partial charge < -0.3 is 69.8 Å². The summed E-state index contributed by atoms with van der Waals surface area (Å²) in [6.45, 7) is 29.7. The van der Waals surface area contributed by atoms with Gasteiger partial charge in [-0.05, 0) is 101 Å². The quantitative estimate of drug-likeness (QED) is 0.105. The van der Waals surface area contributed by atoms with Gasteiger partial charge in [0.2, 0.25) is 65.0 Å². The second-order valence-electron chi connectivity index (χ2n) is 27.6. The number of nitrogens with zero attached hydrogens (tertiary/aromatic N) is 7. The van der Waals surface area contributed by atoms with E-state index in [1.807, 2.05) is 55.4 Å². The Morgan fingerprint density at radius 3 is 1.39 bits per heavy atom. The lowest BCUT2D eigenvalue weighted by Crippen LogP contribution is -2.64. The average Bonchev–Trinajstić information content (AvgIpc) is 0.804. The molecule has 4 N–H and O–H groups in total. The Balaban J connectivity index is 4.48. The number of rotatable bonds is 19. The van der Waals surface area contributed by atoms with E-state index in [1.165, 1.54) is 93.8 Å². The monoisotopic (exact) mass is 1330 g/mol. The summed E-state index contributed by atoms with van der Waals surface area (Å²) in [5.74, 6) is -11.5. The highest BCUT2D eigenvalue weighted by Gasteiger charge is 2.47. The van der Waals surface area contributed by atoms with E-state index in [-0.39, 0.29) is 75.4 Å². The van der Waals surface area contributed by atoms with E-state index in [0.29, 0.717) is 0 Å². The maximum atomic E-state index is 15.5. The van der Waals surface area contributed by atoms with Gasteiger partial charge in [-0.15, -0.1) is 0 Å². The lowest BCUT2D eigenvalue weighted by atomic mass is 9.91. The number of hydrogen-bond acceptors (Lipinski definition) is 16. The molecule has 0 aromatic carbocycles. The summed E-state index contributed by atoms with van der Waals surface area (Å²) in [6.07, 6.45) is 1.28. The fourth-order valence-electron chi connectivity index (χ4n) is 11.3. The molecule has 0 aromatic heterocycles. The number of carbonyl (C=O) groups excluding carboxylic acids is 13. The van der Waals surface area contributed by atoms with Crippen LogP contribution in [0.2, 0.25) is 0 Å². The molecule has 27 heteroatoms. The van der Waals surface area contributed by atoms with Crippen LogP contribution in [-0.2, 0) is 71.7 Å². The zero-order chi connectivity index (χ0) is 72.7. The molecular formula is C67H117N11O16. The summed E-state index contributed by atoms with van der Waals surface area (Å²) in [5, 5.41) is 11.0. The predicted octanol–water partition coefficient (Wildman–Crippen LogP) is 3.99. The van der Waals surface area contributed by atoms with E-state index in [0.717, 1.165) is 16.7 Å². The SMILES string of the molecule is CCOC(=O)OC/C=C/C[C@@H](C)[C@@H](OC(C)=O)C1C(=O)N[C@@H](CC)C(=O)N(C)CC(=O)N(C)C(CC(C)C)C(=O)N[C@@H](C(C)C)C(=O)N(C)[C@@H](CC(C)C)C(=O)N[C@@H](C)C(=O)N[C@H](C)C(=O)N(C)[C@H](CC(C)C)C(=O)N(C)[C@@H](CC(C)C)C(=O)N(C)[C@@H](C(C)C)C(=O)N1C. The molecule has 0 saturated carbocycles. The molecule has 94 heavy (non-hydrogen) atoms. The molecule has 536 valence electrons. The second kappa shape index (κ2) is 39.5. The number of ether oxygens (including phenoxy) is 3. The second-order valence-corrected chi connectivity index (χ2v) is 27.6. The maximum Gasteiger partial charge on any atom is 0.508 e. The summed E-state index contributed by atoms with van der Waals surface area (Å²) in [4.78, 5) is 196. The zero-order valence-electron chi connectivity index (χ0n) is 61.1. The number of esters is 1. The van der Waals surface area contributed by atoms with Crippen LogP contribution >= 0.6 is 0 Å². The van der Waals surface area contributed by atoms with E-state index >= 15 is 19.2 Å². The van der Waals surface area contributed by atoms with E-state index < -0.39 is 168 Å². The smallest absolute Gasteiger partial charge is 0.459 e. The summed E-state index contributed by atoms with van der Waals surface area (Å²) < 4.78 is 15.9. The van der Waals surface area contributed by atoms with Crippen molar-refractivity contribution in [2.24, 2.45) is 41.4 Å². The van der Waals surface area contributed by atoms with Gasteiger partial charge in [-0.25, -0.2) is 4.79 Å². The first-order valence-corrected chi connectivity index (χ1v) is 33.2. The van der Waals surface area contributed by atoms with E-state index in [4.69, 9.17) is 14.2 Å². The highest BCUT2D eigenvalue weighted by molar-refractivity contribution is 5.99. The van der Waals surface area contributed by atoms with Crippen molar-refractivity contribution in [3.05, 3.63) is 12.2 Å². The van der Waals surface area contributed by atoms with Crippen molar-refractivity contribution in [2.45, 2.75) is 230 Å². The van der Waals surface area contributed by atoms with Crippen LogP contribution in [0.4, 0.5) is 4.79 Å². The Morgan fingerprint density at radius 2 is 0.926 bits per heavy atom. The number of allylic oxidation sites excluding steroid dienone is 1. The third-order valence-corrected chi connectivity index (χ3v) is 16.8. The van der Waals surface area contributed by atoms with Crippen LogP contribution in [0.25, 0.3) is 0 Å². The van der Waals surface area contributed by atoms with Crippen molar-refractivity contribution in [2.75, 3.05) is 69.1 Å². The van der Waals surface area contributed by atoms with Crippen LogP contribution < -0.4 is 21.3 Å². The molecule has 0 aliphatic carbocycles. The number of carbonyl (C=O) groups is 13. The van der Waals surface area contributed by atoms with Crippen molar-refractivity contribution in [3.8, 4) is 0 Å². The standard InChI is InChI=1S/C67H117N11O16/c1-26-47-62(86)72(19)36-52(80)73(20)48(32-37(3)4)59(83)71-53(41(11)12)65(89)74(21)49(33-38(5)6)58(82)68-44(16)57(81)69-45(17)61(85)75(22)50(34-39(7)8)63(87)76(23)51(35-40(9)10)64(88)77(24)54(42(13)14)66(90)78(25)55(60(84)70-47)56(94-46(18)79)43(15)30-28-29-31-93-67(91)92-27-2/h28-29,37-45,47-51,53-56H,26-27,30-36H2,1-25H3,(H,68,82)(H,69,81)(H,70,84)(H,71,83)/b29-28+/t43-,44+,45-,47+,48?,49+,50-,51+,53+,54+,55?,56-/m1/s1. The Hall–Kier alpha value is -7.35. The Labute approximate surface area is 559 Å². The molecule has 1 aliphatic heterocycles. The Morgan fingerprint density at radius 1 is 0.479 bits per heavy atom. The number of amides is 11. The fourth-order valence-corrected chi connectivity index (χ4v) is 11.3. The Bertz CT molecular complexity index is 2630. The van der Waals surface area contributed by atoms with Gasteiger partial charge in [0.05, 0.1) is 13.2 Å². The molecule has 0 bridgehead atoms. The van der Waals surface area contributed by atoms with Crippen molar-refractivity contribution >= 4 is 77.1 Å². The van der Waals surface area contributed by atoms with Crippen molar-refractivity contribution in [1.29, 1.82) is 0 Å².